The number of fused-ring (bicyclic) bond motifs is 1. The van der Waals surface area contributed by atoms with Gasteiger partial charge >= 0.3 is 0 Å². The minimum absolute atomic E-state index is 0.00766. The quantitative estimate of drug-likeness (QED) is 0.563. The van der Waals surface area contributed by atoms with E-state index in [4.69, 9.17) is 26.1 Å². The number of piperazine rings is 1. The van der Waals surface area contributed by atoms with Gasteiger partial charge < -0.3 is 19.3 Å². The number of aryl methyl sites for hydroxylation is 1. The maximum absolute atomic E-state index is 12.5. The molecule has 1 amide bonds. The number of benzene rings is 2. The lowest BCUT2D eigenvalue weighted by Crippen LogP contribution is -2.50. The highest BCUT2D eigenvalue weighted by Gasteiger charge is 2.24. The van der Waals surface area contributed by atoms with Gasteiger partial charge in [-0.05, 0) is 49.7 Å². The molecule has 30 heavy (non-hydrogen) atoms. The summed E-state index contributed by atoms with van der Waals surface area (Å²) in [6.07, 6.45) is 0. The summed E-state index contributed by atoms with van der Waals surface area (Å²) >= 11 is 7.94. The molecule has 0 N–H and O–H groups in total. The lowest BCUT2D eigenvalue weighted by molar-refractivity contribution is -0.133. The van der Waals surface area contributed by atoms with E-state index in [2.05, 4.69) is 4.90 Å². The lowest BCUT2D eigenvalue weighted by atomic mass is 10.2. The second-order valence-electron chi connectivity index (χ2n) is 7.10. The van der Waals surface area contributed by atoms with Crippen molar-refractivity contribution in [2.75, 3.05) is 44.3 Å². The fourth-order valence-electron chi connectivity index (χ4n) is 3.41. The smallest absolute Gasteiger partial charge is 0.260 e. The predicted molar refractivity (Wildman–Crippen MR) is 121 cm³/mol. The van der Waals surface area contributed by atoms with Crippen molar-refractivity contribution in [2.24, 2.45) is 0 Å². The number of rotatable bonds is 6. The van der Waals surface area contributed by atoms with Gasteiger partial charge in [0, 0.05) is 26.2 Å². The third-order valence-electron chi connectivity index (χ3n) is 5.09. The first-order valence-electron chi connectivity index (χ1n) is 9.99. The van der Waals surface area contributed by atoms with Gasteiger partial charge in [0.15, 0.2) is 11.7 Å². The highest BCUT2D eigenvalue weighted by molar-refractivity contribution is 7.22. The van der Waals surface area contributed by atoms with Gasteiger partial charge in [-0.25, -0.2) is 4.98 Å². The van der Waals surface area contributed by atoms with E-state index < -0.39 is 0 Å². The molecule has 1 fully saturated rings. The Kier molecular flexibility index (Phi) is 6.29. The number of amides is 1. The van der Waals surface area contributed by atoms with Crippen LogP contribution in [0.3, 0.4) is 0 Å². The highest BCUT2D eigenvalue weighted by Crippen LogP contribution is 2.35. The zero-order valence-corrected chi connectivity index (χ0v) is 18.6. The summed E-state index contributed by atoms with van der Waals surface area (Å²) in [6, 6.07) is 11.2. The zero-order chi connectivity index (χ0) is 21.1. The van der Waals surface area contributed by atoms with Crippen molar-refractivity contribution in [3.63, 3.8) is 0 Å². The number of halogens is 1. The van der Waals surface area contributed by atoms with Gasteiger partial charge in [-0.3, -0.25) is 4.79 Å². The molecule has 0 unspecified atom stereocenters. The van der Waals surface area contributed by atoms with E-state index in [-0.39, 0.29) is 12.5 Å². The topological polar surface area (TPSA) is 54.9 Å². The Hall–Kier alpha value is -2.51. The fraction of sp³-hybridized carbons (Fsp3) is 0.364. The van der Waals surface area contributed by atoms with Crippen LogP contribution in [0.15, 0.2) is 36.4 Å². The molecule has 1 saturated heterocycles. The van der Waals surface area contributed by atoms with Crippen LogP contribution in [0.5, 0.6) is 11.5 Å². The second-order valence-corrected chi connectivity index (χ2v) is 8.48. The summed E-state index contributed by atoms with van der Waals surface area (Å²) in [6.45, 7) is 7.41. The minimum atomic E-state index is -0.00766. The van der Waals surface area contributed by atoms with Crippen LogP contribution in [0, 0.1) is 6.92 Å². The SMILES string of the molecule is CCOc1ccc(OCC(=O)N2CCN(c3nc4c(C)ccc(Cl)c4s3)CC2)cc1. The minimum Gasteiger partial charge on any atom is -0.494 e. The first-order chi connectivity index (χ1) is 14.5. The number of nitrogens with zero attached hydrogens (tertiary/aromatic N) is 3. The largest absolute Gasteiger partial charge is 0.494 e. The van der Waals surface area contributed by atoms with Crippen molar-refractivity contribution in [2.45, 2.75) is 13.8 Å². The Morgan fingerprint density at radius 1 is 1.07 bits per heavy atom. The van der Waals surface area contributed by atoms with Gasteiger partial charge in [-0.1, -0.05) is 29.0 Å². The molecule has 0 atom stereocenters. The van der Waals surface area contributed by atoms with E-state index in [9.17, 15) is 4.79 Å². The molecule has 158 valence electrons. The molecule has 0 aliphatic carbocycles. The Bertz CT molecular complexity index is 991. The third kappa shape index (κ3) is 4.47. The van der Waals surface area contributed by atoms with Crippen molar-refractivity contribution in [3.05, 3.63) is 47.0 Å². The van der Waals surface area contributed by atoms with Gasteiger partial charge in [0.25, 0.3) is 5.91 Å². The zero-order valence-electron chi connectivity index (χ0n) is 17.1. The van der Waals surface area contributed by atoms with Gasteiger partial charge in [0.1, 0.15) is 11.5 Å². The average molecular weight is 446 g/mol. The number of hydrogen-bond acceptors (Lipinski definition) is 6. The summed E-state index contributed by atoms with van der Waals surface area (Å²) in [7, 11) is 0. The van der Waals surface area contributed by atoms with Crippen LogP contribution < -0.4 is 14.4 Å². The Balaban J connectivity index is 1.31. The van der Waals surface area contributed by atoms with Crippen LogP contribution in [0.2, 0.25) is 5.02 Å². The second kappa shape index (κ2) is 9.10. The first kappa shape index (κ1) is 20.8. The van der Waals surface area contributed by atoms with E-state index in [0.717, 1.165) is 44.8 Å². The number of thiazole rings is 1. The van der Waals surface area contributed by atoms with Crippen molar-refractivity contribution < 1.29 is 14.3 Å². The standard InChI is InChI=1S/C22H24ClN3O3S/c1-3-28-16-5-7-17(8-6-16)29-14-19(27)25-10-12-26(13-11-25)22-24-20-15(2)4-9-18(23)21(20)30-22/h4-9H,3,10-14H2,1-2H3. The van der Waals surface area contributed by atoms with E-state index in [1.54, 1.807) is 11.3 Å². The molecule has 1 aliphatic heterocycles. The number of carbonyl (C=O) groups excluding carboxylic acids is 1. The van der Waals surface area contributed by atoms with Gasteiger partial charge in [0.05, 0.1) is 21.8 Å². The predicted octanol–water partition coefficient (Wildman–Crippen LogP) is 4.38. The normalized spacial score (nSPS) is 14.2. The summed E-state index contributed by atoms with van der Waals surface area (Å²) in [4.78, 5) is 21.4. The molecule has 0 radical (unpaired) electrons. The van der Waals surface area contributed by atoms with Crippen LogP contribution in [0.25, 0.3) is 10.2 Å². The van der Waals surface area contributed by atoms with Crippen LogP contribution in [-0.4, -0.2) is 55.2 Å². The van der Waals surface area contributed by atoms with Gasteiger partial charge in [0.2, 0.25) is 0 Å². The number of ether oxygens (including phenoxy) is 2. The Morgan fingerprint density at radius 3 is 2.37 bits per heavy atom. The first-order valence-corrected chi connectivity index (χ1v) is 11.2. The summed E-state index contributed by atoms with van der Waals surface area (Å²) in [5.41, 5.74) is 2.09. The molecule has 1 aliphatic rings. The fourth-order valence-corrected chi connectivity index (χ4v) is 4.78. The van der Waals surface area contributed by atoms with Crippen molar-refractivity contribution >= 4 is 44.2 Å². The van der Waals surface area contributed by atoms with E-state index in [1.165, 1.54) is 0 Å². The molecule has 6 nitrogen and oxygen atoms in total. The molecule has 0 bridgehead atoms. The third-order valence-corrected chi connectivity index (χ3v) is 6.66. The molecule has 4 rings (SSSR count). The molecule has 8 heteroatoms. The molecular formula is C22H24ClN3O3S. The number of hydrogen-bond donors (Lipinski definition) is 0. The molecular weight excluding hydrogens is 422 g/mol. The Morgan fingerprint density at radius 2 is 1.73 bits per heavy atom. The van der Waals surface area contributed by atoms with Crippen LogP contribution in [-0.2, 0) is 4.79 Å². The molecule has 0 spiro atoms. The summed E-state index contributed by atoms with van der Waals surface area (Å²) < 4.78 is 12.1. The Labute approximate surface area is 185 Å². The number of anilines is 1. The maximum atomic E-state index is 12.5. The molecule has 1 aromatic heterocycles. The van der Waals surface area contributed by atoms with Crippen molar-refractivity contribution in [1.82, 2.24) is 9.88 Å². The molecule has 2 heterocycles. The molecule has 0 saturated carbocycles. The van der Waals surface area contributed by atoms with E-state index in [1.807, 2.05) is 55.1 Å². The van der Waals surface area contributed by atoms with Crippen molar-refractivity contribution in [1.29, 1.82) is 0 Å². The molecule has 3 aromatic rings. The van der Waals surface area contributed by atoms with Crippen LogP contribution in [0.1, 0.15) is 12.5 Å². The average Bonchev–Trinajstić information content (AvgIpc) is 3.23. The van der Waals surface area contributed by atoms with Crippen LogP contribution in [0.4, 0.5) is 5.13 Å². The van der Waals surface area contributed by atoms with Crippen LogP contribution >= 0.6 is 22.9 Å². The monoisotopic (exact) mass is 445 g/mol. The summed E-state index contributed by atoms with van der Waals surface area (Å²) in [5, 5.41) is 1.69. The lowest BCUT2D eigenvalue weighted by Gasteiger charge is -2.34. The van der Waals surface area contributed by atoms with E-state index >= 15 is 0 Å². The van der Waals surface area contributed by atoms with Gasteiger partial charge in [-0.2, -0.15) is 0 Å². The number of carbonyl (C=O) groups is 1. The van der Waals surface area contributed by atoms with Gasteiger partial charge in [-0.15, -0.1) is 0 Å². The van der Waals surface area contributed by atoms with Crippen molar-refractivity contribution in [3.8, 4) is 11.5 Å². The molecule has 2 aromatic carbocycles. The summed E-state index contributed by atoms with van der Waals surface area (Å²) in [5.74, 6) is 1.44. The maximum Gasteiger partial charge on any atom is 0.260 e. The number of aromatic nitrogens is 1. The highest BCUT2D eigenvalue weighted by atomic mass is 35.5. The van der Waals surface area contributed by atoms with E-state index in [0.29, 0.717) is 25.4 Å².